The van der Waals surface area contributed by atoms with Gasteiger partial charge in [0.1, 0.15) is 17.0 Å². The lowest BCUT2D eigenvalue weighted by molar-refractivity contribution is 0.0358. The van der Waals surface area contributed by atoms with Crippen LogP contribution in [0.25, 0.3) is 22.1 Å². The fraction of sp³-hybridized carbons (Fsp3) is 0.371. The van der Waals surface area contributed by atoms with Gasteiger partial charge in [0.25, 0.3) is 5.91 Å². The number of aromatic nitrogens is 6. The van der Waals surface area contributed by atoms with Crippen LogP contribution in [0.1, 0.15) is 50.2 Å². The van der Waals surface area contributed by atoms with Crippen LogP contribution < -0.4 is 27.4 Å². The summed E-state index contributed by atoms with van der Waals surface area (Å²) in [7, 11) is 1.68. The summed E-state index contributed by atoms with van der Waals surface area (Å²) < 4.78 is 17.2. The van der Waals surface area contributed by atoms with Gasteiger partial charge in [-0.05, 0) is 56.7 Å². The van der Waals surface area contributed by atoms with Gasteiger partial charge in [0.05, 0.1) is 42.1 Å². The lowest BCUT2D eigenvalue weighted by atomic mass is 10.1. The number of benzene rings is 2. The number of imidazole rings is 2. The summed E-state index contributed by atoms with van der Waals surface area (Å²) in [6, 6.07) is 10.1. The van der Waals surface area contributed by atoms with Crippen molar-refractivity contribution >= 4 is 39.8 Å². The molecule has 5 aromatic rings. The Kier molecular flexibility index (Phi) is 10.6. The van der Waals surface area contributed by atoms with Gasteiger partial charge < -0.3 is 40.0 Å². The predicted molar refractivity (Wildman–Crippen MR) is 190 cm³/mol. The molecule has 0 spiro atoms. The lowest BCUT2D eigenvalue weighted by Gasteiger charge is -2.26. The molecular weight excluding hydrogens is 654 g/mol. The topological polar surface area (TPSA) is 209 Å². The van der Waals surface area contributed by atoms with E-state index in [1.165, 1.54) is 0 Å². The van der Waals surface area contributed by atoms with Crippen molar-refractivity contribution < 1.29 is 23.9 Å². The SMILES string of the molecule is CCn1nc(C)cc1C(=O)/N=c1\[nH]c2cc(C(N)=O)ccc2n1C/C=C/Cn1/c(=N/C)[nH]c2cc(C(N)=O)cc(OCCCN3CCOCC3)c21. The number of amides is 3. The molecule has 16 nitrogen and oxygen atoms in total. The van der Waals surface area contributed by atoms with Crippen molar-refractivity contribution in [2.75, 3.05) is 46.5 Å². The van der Waals surface area contributed by atoms with Crippen molar-refractivity contribution in [3.63, 3.8) is 0 Å². The molecule has 0 aliphatic carbocycles. The first-order chi connectivity index (χ1) is 24.7. The fourth-order valence-corrected chi connectivity index (χ4v) is 6.25. The Hall–Kier alpha value is -5.74. The molecule has 1 saturated heterocycles. The van der Waals surface area contributed by atoms with Crippen LogP contribution in [0.4, 0.5) is 0 Å². The molecular formula is C35H43N11O5. The van der Waals surface area contributed by atoms with Gasteiger partial charge in [-0.25, -0.2) is 0 Å². The van der Waals surface area contributed by atoms with E-state index in [9.17, 15) is 14.4 Å². The van der Waals surface area contributed by atoms with Gasteiger partial charge >= 0.3 is 0 Å². The van der Waals surface area contributed by atoms with Crippen molar-refractivity contribution in [2.24, 2.45) is 21.5 Å². The molecule has 0 radical (unpaired) electrons. The quantitative estimate of drug-likeness (QED) is 0.105. The number of rotatable bonds is 13. The summed E-state index contributed by atoms with van der Waals surface area (Å²) in [4.78, 5) is 55.1. The molecule has 16 heteroatoms. The summed E-state index contributed by atoms with van der Waals surface area (Å²) in [5.74, 6) is -1.04. The number of morpholine rings is 1. The van der Waals surface area contributed by atoms with Crippen molar-refractivity contribution in [1.82, 2.24) is 33.8 Å². The highest BCUT2D eigenvalue weighted by atomic mass is 16.5. The molecule has 2 aromatic carbocycles. The van der Waals surface area contributed by atoms with Gasteiger partial charge in [-0.1, -0.05) is 12.2 Å². The second kappa shape index (κ2) is 15.4. The third-order valence-corrected chi connectivity index (χ3v) is 8.77. The Morgan fingerprint density at radius 1 is 0.961 bits per heavy atom. The van der Waals surface area contributed by atoms with E-state index in [2.05, 4.69) is 30.0 Å². The maximum Gasteiger partial charge on any atom is 0.298 e. The number of hydrogen-bond acceptors (Lipinski definition) is 8. The number of nitrogens with two attached hydrogens (primary N) is 2. The standard InChI is InChI=1S/C35H43N11O5/c1-4-46-28(18-22(2)42-46)33(49)41-35-39-25-19-23(31(36)47)8-9-27(25)44(35)11-5-6-12-45-30-26(40-34(45)38-3)20-24(32(37)48)21-29(30)51-15-7-10-43-13-16-50-17-14-43/h5-6,8-9,18-21H,4,7,10-17H2,1-3H3,(H2,36,47)(H2,37,48)(H,38,40)(H,39,41,49)/b6-5+. The summed E-state index contributed by atoms with van der Waals surface area (Å²) in [5.41, 5.74) is 16.6. The van der Waals surface area contributed by atoms with Crippen molar-refractivity contribution in [3.05, 3.63) is 82.3 Å². The normalized spacial score (nSPS) is 14.7. The zero-order chi connectivity index (χ0) is 36.1. The molecule has 4 heterocycles. The van der Waals surface area contributed by atoms with Crippen LogP contribution >= 0.6 is 0 Å². The Bertz CT molecular complexity index is 2260. The van der Waals surface area contributed by atoms with Crippen molar-refractivity contribution in [1.29, 1.82) is 0 Å². The zero-order valence-corrected chi connectivity index (χ0v) is 29.0. The monoisotopic (exact) mass is 697 g/mol. The first-order valence-electron chi connectivity index (χ1n) is 16.9. The largest absolute Gasteiger partial charge is 0.491 e. The van der Waals surface area contributed by atoms with E-state index in [0.29, 0.717) is 76.8 Å². The highest BCUT2D eigenvalue weighted by Crippen LogP contribution is 2.26. The third-order valence-electron chi connectivity index (χ3n) is 8.77. The summed E-state index contributed by atoms with van der Waals surface area (Å²) >= 11 is 0. The predicted octanol–water partition coefficient (Wildman–Crippen LogP) is 1.60. The number of carbonyl (C=O) groups excluding carboxylic acids is 3. The molecule has 0 atom stereocenters. The minimum Gasteiger partial charge on any atom is -0.491 e. The van der Waals surface area contributed by atoms with E-state index in [4.69, 9.17) is 20.9 Å². The zero-order valence-electron chi connectivity index (χ0n) is 29.0. The maximum absolute atomic E-state index is 13.3. The van der Waals surface area contributed by atoms with Crippen LogP contribution in [0.3, 0.4) is 0 Å². The number of allylic oxidation sites excluding steroid dienone is 2. The summed E-state index contributed by atoms with van der Waals surface area (Å²) in [5, 5.41) is 4.37. The molecule has 51 heavy (non-hydrogen) atoms. The Morgan fingerprint density at radius 3 is 2.37 bits per heavy atom. The van der Waals surface area contributed by atoms with Gasteiger partial charge in [0.2, 0.25) is 23.1 Å². The van der Waals surface area contributed by atoms with Gasteiger partial charge in [-0.15, -0.1) is 0 Å². The van der Waals surface area contributed by atoms with E-state index >= 15 is 0 Å². The van der Waals surface area contributed by atoms with Gasteiger partial charge in [-0.3, -0.25) is 29.0 Å². The molecule has 1 fully saturated rings. The van der Waals surface area contributed by atoms with Crippen LogP contribution in [0, 0.1) is 6.92 Å². The molecule has 1 aliphatic rings. The number of fused-ring (bicyclic) bond motifs is 2. The van der Waals surface area contributed by atoms with E-state index in [1.54, 1.807) is 48.1 Å². The van der Waals surface area contributed by atoms with Gasteiger partial charge in [0, 0.05) is 57.4 Å². The minimum atomic E-state index is -0.564. The molecule has 3 aromatic heterocycles. The third kappa shape index (κ3) is 7.71. The molecule has 268 valence electrons. The molecule has 1 aliphatic heterocycles. The number of carbonyl (C=O) groups is 3. The first-order valence-corrected chi connectivity index (χ1v) is 16.9. The van der Waals surface area contributed by atoms with Gasteiger partial charge in [-0.2, -0.15) is 10.1 Å². The number of primary amides is 2. The van der Waals surface area contributed by atoms with Crippen LogP contribution in [-0.4, -0.2) is 98.0 Å². The molecule has 0 saturated carbocycles. The summed E-state index contributed by atoms with van der Waals surface area (Å²) in [6.07, 6.45) is 4.72. The second-order valence-corrected chi connectivity index (χ2v) is 12.2. The van der Waals surface area contributed by atoms with Crippen LogP contribution in [0.5, 0.6) is 5.75 Å². The van der Waals surface area contributed by atoms with E-state index in [-0.39, 0.29) is 0 Å². The number of hydrogen-bond donors (Lipinski definition) is 4. The molecule has 6 N–H and O–H groups in total. The van der Waals surface area contributed by atoms with E-state index in [1.807, 2.05) is 35.1 Å². The average molecular weight is 698 g/mol. The Labute approximate surface area is 293 Å². The van der Waals surface area contributed by atoms with E-state index < -0.39 is 17.7 Å². The fourth-order valence-electron chi connectivity index (χ4n) is 6.25. The average Bonchev–Trinajstić information content (AvgIpc) is 3.80. The molecule has 6 rings (SSSR count). The maximum atomic E-state index is 13.3. The molecule has 0 unspecified atom stereocenters. The van der Waals surface area contributed by atoms with Crippen LogP contribution in [0.15, 0.2) is 58.5 Å². The summed E-state index contributed by atoms with van der Waals surface area (Å²) in [6.45, 7) is 9.58. The van der Waals surface area contributed by atoms with Crippen molar-refractivity contribution in [3.8, 4) is 5.75 Å². The number of ether oxygens (including phenoxy) is 2. The number of aryl methyl sites for hydroxylation is 2. The highest BCUT2D eigenvalue weighted by molar-refractivity contribution is 5.98. The van der Waals surface area contributed by atoms with Crippen molar-refractivity contribution in [2.45, 2.75) is 39.9 Å². The smallest absolute Gasteiger partial charge is 0.298 e. The lowest BCUT2D eigenvalue weighted by Crippen LogP contribution is -2.37. The second-order valence-electron chi connectivity index (χ2n) is 12.2. The van der Waals surface area contributed by atoms with E-state index in [0.717, 1.165) is 50.3 Å². The molecule has 0 bridgehead atoms. The Balaban J connectivity index is 1.30. The van der Waals surface area contributed by atoms with Crippen LogP contribution in [0.2, 0.25) is 0 Å². The van der Waals surface area contributed by atoms with Crippen LogP contribution in [-0.2, 0) is 24.4 Å². The first kappa shape index (κ1) is 35.1. The Morgan fingerprint density at radius 2 is 1.67 bits per heavy atom. The number of aromatic amines is 2. The number of nitrogens with one attached hydrogen (secondary N) is 2. The van der Waals surface area contributed by atoms with Gasteiger partial charge in [0.15, 0.2) is 0 Å². The number of H-pyrrole nitrogens is 2. The minimum absolute atomic E-state index is 0.304. The highest BCUT2D eigenvalue weighted by Gasteiger charge is 2.17. The molecule has 3 amide bonds. The number of nitrogens with zero attached hydrogens (tertiary/aromatic N) is 7.